The highest BCUT2D eigenvalue weighted by atomic mass is 35.5. The number of halogens is 1. The van der Waals surface area contributed by atoms with E-state index in [0.717, 1.165) is 5.88 Å². The second-order valence-corrected chi connectivity index (χ2v) is 5.69. The van der Waals surface area contributed by atoms with Gasteiger partial charge in [-0.1, -0.05) is 45.1 Å². The van der Waals surface area contributed by atoms with Gasteiger partial charge in [0.05, 0.1) is 0 Å². The summed E-state index contributed by atoms with van der Waals surface area (Å²) < 4.78 is 0. The Morgan fingerprint density at radius 3 is 2.10 bits per heavy atom. The Kier molecular flexibility index (Phi) is 16.2. The van der Waals surface area contributed by atoms with Crippen molar-refractivity contribution in [2.75, 3.05) is 20.0 Å². The molecule has 0 saturated heterocycles. The third-order valence-corrected chi connectivity index (χ3v) is 3.40. The Morgan fingerprint density at radius 2 is 1.70 bits per heavy atom. The monoisotopic (exact) mass is 305 g/mol. The summed E-state index contributed by atoms with van der Waals surface area (Å²) in [7, 11) is 3.83. The molecule has 0 aliphatic heterocycles. The Hall–Kier alpha value is -0.540. The predicted molar refractivity (Wildman–Crippen MR) is 88.6 cm³/mol. The molecule has 0 bridgehead atoms. The number of hydrogen-bond donors (Lipinski definition) is 1. The Labute approximate surface area is 130 Å². The zero-order chi connectivity index (χ0) is 16.0. The van der Waals surface area contributed by atoms with E-state index in [-0.39, 0.29) is 6.04 Å². The zero-order valence-corrected chi connectivity index (χ0v) is 14.5. The highest BCUT2D eigenvalue weighted by Crippen LogP contribution is 2.04. The lowest BCUT2D eigenvalue weighted by molar-refractivity contribution is -0.132. The van der Waals surface area contributed by atoms with Crippen LogP contribution in [0.4, 0.5) is 0 Å². The summed E-state index contributed by atoms with van der Waals surface area (Å²) in [5.74, 6) is -0.00902. The van der Waals surface area contributed by atoms with E-state index in [0.29, 0.717) is 5.57 Å². The maximum atomic E-state index is 10.4. The first-order chi connectivity index (χ1) is 9.36. The lowest BCUT2D eigenvalue weighted by Crippen LogP contribution is -2.23. The van der Waals surface area contributed by atoms with Gasteiger partial charge in [-0.2, -0.15) is 0 Å². The first-order valence-corrected chi connectivity index (χ1v) is 8.04. The van der Waals surface area contributed by atoms with Crippen LogP contribution in [0.5, 0.6) is 0 Å². The fourth-order valence-electron chi connectivity index (χ4n) is 1.46. The van der Waals surface area contributed by atoms with Crippen LogP contribution >= 0.6 is 11.6 Å². The Morgan fingerprint density at radius 1 is 1.20 bits per heavy atom. The van der Waals surface area contributed by atoms with Crippen LogP contribution in [0.2, 0.25) is 0 Å². The van der Waals surface area contributed by atoms with Crippen molar-refractivity contribution in [1.82, 2.24) is 4.90 Å². The van der Waals surface area contributed by atoms with E-state index in [4.69, 9.17) is 16.7 Å². The first-order valence-electron chi connectivity index (χ1n) is 7.50. The number of nitrogens with zero attached hydrogens (tertiary/aromatic N) is 1. The molecule has 0 aromatic rings. The molecule has 3 nitrogen and oxygen atoms in total. The summed E-state index contributed by atoms with van der Waals surface area (Å²) in [4.78, 5) is 12.3. The largest absolute Gasteiger partial charge is 0.478 e. The number of aliphatic carboxylic acids is 1. The van der Waals surface area contributed by atoms with Gasteiger partial charge in [-0.15, -0.1) is 11.6 Å². The zero-order valence-electron chi connectivity index (χ0n) is 13.8. The minimum atomic E-state index is -0.848. The summed E-state index contributed by atoms with van der Waals surface area (Å²) in [5, 5.41) is 8.53. The lowest BCUT2D eigenvalue weighted by Gasteiger charge is -2.15. The molecule has 0 radical (unpaired) electrons. The molecule has 4 heteroatoms. The lowest BCUT2D eigenvalue weighted by atomic mass is 10.1. The van der Waals surface area contributed by atoms with Gasteiger partial charge in [-0.05, 0) is 34.4 Å². The first kappa shape index (κ1) is 21.8. The third-order valence-electron chi connectivity index (χ3n) is 3.13. The molecule has 0 aliphatic rings. The summed E-state index contributed by atoms with van der Waals surface area (Å²) in [6, 6.07) is 0.172. The predicted octanol–water partition coefficient (Wildman–Crippen LogP) is 4.55. The second kappa shape index (κ2) is 14.9. The van der Waals surface area contributed by atoms with Gasteiger partial charge in [0, 0.05) is 17.5 Å². The minimum absolute atomic E-state index is 0.172. The van der Waals surface area contributed by atoms with Crippen LogP contribution in [0.1, 0.15) is 59.3 Å². The average molecular weight is 306 g/mol. The number of hydrogen-bond acceptors (Lipinski definition) is 2. The van der Waals surface area contributed by atoms with Crippen molar-refractivity contribution in [3.63, 3.8) is 0 Å². The van der Waals surface area contributed by atoms with Crippen molar-refractivity contribution in [2.24, 2.45) is 0 Å². The van der Waals surface area contributed by atoms with Crippen LogP contribution in [0.3, 0.4) is 0 Å². The van der Waals surface area contributed by atoms with Crippen LogP contribution in [-0.2, 0) is 4.79 Å². The molecule has 0 aromatic carbocycles. The number of carbonyl (C=O) groups is 1. The number of rotatable bonds is 9. The topological polar surface area (TPSA) is 40.5 Å². The van der Waals surface area contributed by atoms with Crippen molar-refractivity contribution in [3.05, 3.63) is 11.6 Å². The molecule has 0 spiro atoms. The van der Waals surface area contributed by atoms with E-state index in [1.807, 2.05) is 25.9 Å². The van der Waals surface area contributed by atoms with Crippen molar-refractivity contribution in [1.29, 1.82) is 0 Å². The quantitative estimate of drug-likeness (QED) is 0.386. The van der Waals surface area contributed by atoms with Crippen LogP contribution in [0.15, 0.2) is 11.6 Å². The molecular weight excluding hydrogens is 274 g/mol. The van der Waals surface area contributed by atoms with Crippen LogP contribution in [0, 0.1) is 0 Å². The Balaban J connectivity index is 0. The number of unbranched alkanes of at least 4 members (excludes halogenated alkanes) is 5. The van der Waals surface area contributed by atoms with Gasteiger partial charge in [-0.3, -0.25) is 0 Å². The molecule has 0 aliphatic carbocycles. The van der Waals surface area contributed by atoms with Gasteiger partial charge in [0.15, 0.2) is 0 Å². The Bertz CT molecular complexity index is 259. The molecule has 0 fully saturated rings. The molecule has 1 N–H and O–H groups in total. The second-order valence-electron chi connectivity index (χ2n) is 5.32. The van der Waals surface area contributed by atoms with Crippen LogP contribution in [-0.4, -0.2) is 42.0 Å². The minimum Gasteiger partial charge on any atom is -0.478 e. The fraction of sp³-hybridized carbons (Fsp3) is 0.812. The van der Waals surface area contributed by atoms with Gasteiger partial charge >= 0.3 is 5.97 Å². The highest BCUT2D eigenvalue weighted by Gasteiger charge is 2.04. The highest BCUT2D eigenvalue weighted by molar-refractivity contribution is 6.17. The van der Waals surface area contributed by atoms with Crippen LogP contribution in [0.25, 0.3) is 0 Å². The normalized spacial score (nSPS) is 12.8. The van der Waals surface area contributed by atoms with E-state index in [1.165, 1.54) is 38.5 Å². The van der Waals surface area contributed by atoms with Crippen molar-refractivity contribution >= 4 is 17.6 Å². The molecule has 1 unspecified atom stereocenters. The van der Waals surface area contributed by atoms with Crippen molar-refractivity contribution < 1.29 is 9.90 Å². The molecule has 20 heavy (non-hydrogen) atoms. The average Bonchev–Trinajstić information content (AvgIpc) is 2.39. The standard InChI is InChI=1S/C8H17Cl.C8H15NO2/c1-2-3-4-5-6-7-8-9;1-6(8(10)11)5-7(2)9(3)4/h2-8H2,1H3;5,7H,1-4H3,(H,10,11). The number of carboxylic acids is 1. The van der Waals surface area contributed by atoms with Gasteiger partial charge < -0.3 is 10.0 Å². The molecule has 0 rings (SSSR count). The summed E-state index contributed by atoms with van der Waals surface area (Å²) >= 11 is 5.51. The molecular formula is C16H32ClNO2. The van der Waals surface area contributed by atoms with Crippen molar-refractivity contribution in [2.45, 2.75) is 65.3 Å². The summed E-state index contributed by atoms with van der Waals surface area (Å²) in [5.41, 5.74) is 0.395. The molecule has 0 aromatic heterocycles. The molecule has 120 valence electrons. The van der Waals surface area contributed by atoms with E-state index < -0.39 is 5.97 Å². The molecule has 1 atom stereocenters. The van der Waals surface area contributed by atoms with Crippen LogP contribution < -0.4 is 0 Å². The van der Waals surface area contributed by atoms with E-state index >= 15 is 0 Å². The van der Waals surface area contributed by atoms with Gasteiger partial charge in [-0.25, -0.2) is 4.79 Å². The SMILES string of the molecule is CC(=CC(C)N(C)C)C(=O)O.CCCCCCCCCl. The fourth-order valence-corrected chi connectivity index (χ4v) is 1.65. The number of carboxylic acid groups (broad SMARTS) is 1. The summed E-state index contributed by atoms with van der Waals surface area (Å²) in [6.45, 7) is 5.79. The van der Waals surface area contributed by atoms with Crippen molar-refractivity contribution in [3.8, 4) is 0 Å². The molecule has 0 heterocycles. The van der Waals surface area contributed by atoms with E-state index in [2.05, 4.69) is 6.92 Å². The smallest absolute Gasteiger partial charge is 0.331 e. The number of likely N-dealkylation sites (N-methyl/N-ethyl adjacent to an activating group) is 1. The summed E-state index contributed by atoms with van der Waals surface area (Å²) in [6.07, 6.45) is 9.74. The molecule has 0 amide bonds. The van der Waals surface area contributed by atoms with E-state index in [1.54, 1.807) is 13.0 Å². The third kappa shape index (κ3) is 15.5. The maximum Gasteiger partial charge on any atom is 0.331 e. The van der Waals surface area contributed by atoms with Gasteiger partial charge in [0.25, 0.3) is 0 Å². The number of alkyl halides is 1. The van der Waals surface area contributed by atoms with E-state index in [9.17, 15) is 4.79 Å². The van der Waals surface area contributed by atoms with Gasteiger partial charge in [0.2, 0.25) is 0 Å². The maximum absolute atomic E-state index is 10.4. The molecule has 0 saturated carbocycles. The van der Waals surface area contributed by atoms with Gasteiger partial charge in [0.1, 0.15) is 0 Å².